The highest BCUT2D eigenvalue weighted by Gasteiger charge is 2.18. The monoisotopic (exact) mass is 314 g/mol. The Labute approximate surface area is 119 Å². The fraction of sp³-hybridized carbons (Fsp3) is 0.167. The normalized spacial score (nSPS) is 11.2. The molecule has 2 rings (SSSR count). The van der Waals surface area contributed by atoms with Gasteiger partial charge in [-0.05, 0) is 12.1 Å². The number of hydrogen-bond acceptors (Lipinski definition) is 6. The lowest BCUT2D eigenvalue weighted by Crippen LogP contribution is -2.29. The minimum Gasteiger partial charge on any atom is -0.497 e. The van der Waals surface area contributed by atoms with Gasteiger partial charge >= 0.3 is 0 Å². The molecule has 0 unspecified atom stereocenters. The van der Waals surface area contributed by atoms with Gasteiger partial charge in [0.1, 0.15) is 11.6 Å². The van der Waals surface area contributed by atoms with E-state index >= 15 is 0 Å². The molecule has 1 N–H and O–H groups in total. The minimum absolute atomic E-state index is 0.00574. The van der Waals surface area contributed by atoms with Crippen LogP contribution in [-0.4, -0.2) is 32.8 Å². The van der Waals surface area contributed by atoms with Crippen molar-refractivity contribution in [1.29, 1.82) is 0 Å². The van der Waals surface area contributed by atoms with Crippen molar-refractivity contribution in [3.63, 3.8) is 0 Å². The largest absolute Gasteiger partial charge is 0.497 e. The number of sulfonamides is 1. The van der Waals surface area contributed by atoms with Crippen LogP contribution in [0.4, 0.5) is 4.39 Å². The van der Waals surface area contributed by atoms with E-state index in [0.717, 1.165) is 18.4 Å². The molecule has 112 valence electrons. The van der Waals surface area contributed by atoms with Crippen LogP contribution >= 0.6 is 0 Å². The van der Waals surface area contributed by atoms with Gasteiger partial charge in [-0.15, -0.1) is 0 Å². The third-order valence-electron chi connectivity index (χ3n) is 2.46. The number of amides is 1. The molecular formula is C12H11FN2O5S. The molecule has 0 saturated carbocycles. The van der Waals surface area contributed by atoms with Gasteiger partial charge in [-0.25, -0.2) is 17.5 Å². The van der Waals surface area contributed by atoms with Gasteiger partial charge < -0.3 is 9.26 Å². The maximum absolute atomic E-state index is 13.8. The molecule has 0 aliphatic rings. The van der Waals surface area contributed by atoms with Gasteiger partial charge in [0, 0.05) is 12.1 Å². The Morgan fingerprint density at radius 3 is 2.67 bits per heavy atom. The second kappa shape index (κ2) is 5.52. The van der Waals surface area contributed by atoms with Crippen LogP contribution < -0.4 is 9.46 Å². The van der Waals surface area contributed by atoms with Crippen molar-refractivity contribution in [1.82, 2.24) is 9.88 Å². The number of benzene rings is 1. The minimum atomic E-state index is -3.72. The molecule has 0 saturated heterocycles. The molecule has 0 fully saturated rings. The molecule has 21 heavy (non-hydrogen) atoms. The average molecular weight is 314 g/mol. The first kappa shape index (κ1) is 15.0. The maximum Gasteiger partial charge on any atom is 0.286 e. The number of aromatic nitrogens is 1. The van der Waals surface area contributed by atoms with Crippen molar-refractivity contribution in [2.45, 2.75) is 0 Å². The third-order valence-corrected chi connectivity index (χ3v) is 3.02. The first-order valence-electron chi connectivity index (χ1n) is 5.63. The number of carbonyl (C=O) groups excluding carboxylic acids is 1. The van der Waals surface area contributed by atoms with Crippen LogP contribution in [0.2, 0.25) is 0 Å². The standard InChI is InChI=1S/C12H11FN2O5S/c1-19-7-3-4-8(9(13)5-7)11-6-10(14-20-11)12(16)15-21(2,17)18/h3-6H,1-2H3,(H,15,16). The van der Waals surface area contributed by atoms with E-state index in [4.69, 9.17) is 9.26 Å². The van der Waals surface area contributed by atoms with Gasteiger partial charge in [0.05, 0.1) is 18.9 Å². The Kier molecular flexibility index (Phi) is 3.94. The van der Waals surface area contributed by atoms with Crippen molar-refractivity contribution in [2.24, 2.45) is 0 Å². The zero-order chi connectivity index (χ0) is 15.6. The Balaban J connectivity index is 2.30. The number of halogens is 1. The van der Waals surface area contributed by atoms with E-state index in [1.54, 1.807) is 4.72 Å². The van der Waals surface area contributed by atoms with E-state index in [9.17, 15) is 17.6 Å². The smallest absolute Gasteiger partial charge is 0.286 e. The average Bonchev–Trinajstić information content (AvgIpc) is 2.86. The maximum atomic E-state index is 13.8. The Hall–Kier alpha value is -2.42. The molecule has 0 aliphatic carbocycles. The Morgan fingerprint density at radius 2 is 2.10 bits per heavy atom. The molecule has 1 aromatic carbocycles. The highest BCUT2D eigenvalue weighted by atomic mass is 32.2. The number of ether oxygens (including phenoxy) is 1. The van der Waals surface area contributed by atoms with Gasteiger partial charge in [-0.3, -0.25) is 4.79 Å². The van der Waals surface area contributed by atoms with Crippen LogP contribution in [0.5, 0.6) is 5.75 Å². The van der Waals surface area contributed by atoms with E-state index in [1.807, 2.05) is 0 Å². The lowest BCUT2D eigenvalue weighted by atomic mass is 10.1. The van der Waals surface area contributed by atoms with Gasteiger partial charge in [0.25, 0.3) is 5.91 Å². The van der Waals surface area contributed by atoms with Gasteiger partial charge in [0.2, 0.25) is 10.0 Å². The molecule has 0 radical (unpaired) electrons. The van der Waals surface area contributed by atoms with E-state index in [-0.39, 0.29) is 17.0 Å². The van der Waals surface area contributed by atoms with Crippen LogP contribution in [0.25, 0.3) is 11.3 Å². The predicted molar refractivity (Wildman–Crippen MR) is 70.8 cm³/mol. The van der Waals surface area contributed by atoms with Crippen molar-refractivity contribution in [2.75, 3.05) is 13.4 Å². The van der Waals surface area contributed by atoms with Crippen LogP contribution in [0.15, 0.2) is 28.8 Å². The van der Waals surface area contributed by atoms with Gasteiger partial charge in [0.15, 0.2) is 11.5 Å². The summed E-state index contributed by atoms with van der Waals surface area (Å²) >= 11 is 0. The van der Waals surface area contributed by atoms with Crippen LogP contribution in [-0.2, 0) is 10.0 Å². The molecule has 2 aromatic rings. The fourth-order valence-electron chi connectivity index (χ4n) is 1.55. The lowest BCUT2D eigenvalue weighted by molar-refractivity contribution is 0.0973. The molecule has 1 aromatic heterocycles. The molecule has 0 aliphatic heterocycles. The predicted octanol–water partition coefficient (Wildman–Crippen LogP) is 1.18. The summed E-state index contributed by atoms with van der Waals surface area (Å²) in [7, 11) is -2.32. The molecule has 1 heterocycles. The number of methoxy groups -OCH3 is 1. The number of nitrogens with zero attached hydrogens (tertiary/aromatic N) is 1. The number of rotatable bonds is 4. The Morgan fingerprint density at radius 1 is 1.38 bits per heavy atom. The van der Waals surface area contributed by atoms with E-state index < -0.39 is 21.7 Å². The quantitative estimate of drug-likeness (QED) is 0.910. The second-order valence-electron chi connectivity index (χ2n) is 4.13. The van der Waals surface area contributed by atoms with Gasteiger partial charge in [-0.1, -0.05) is 5.16 Å². The van der Waals surface area contributed by atoms with Crippen molar-refractivity contribution >= 4 is 15.9 Å². The van der Waals surface area contributed by atoms with E-state index in [2.05, 4.69) is 5.16 Å². The van der Waals surface area contributed by atoms with E-state index in [0.29, 0.717) is 5.75 Å². The summed E-state index contributed by atoms with van der Waals surface area (Å²) < 4.78 is 47.2. The SMILES string of the molecule is COc1ccc(-c2cc(C(=O)NS(C)(=O)=O)no2)c(F)c1. The molecule has 1 amide bonds. The van der Waals surface area contributed by atoms with Gasteiger partial charge in [-0.2, -0.15) is 0 Å². The van der Waals surface area contributed by atoms with Crippen molar-refractivity contribution in [3.8, 4) is 17.1 Å². The molecule has 0 bridgehead atoms. The number of nitrogens with one attached hydrogen (secondary N) is 1. The fourth-order valence-corrected chi connectivity index (χ4v) is 1.99. The summed E-state index contributed by atoms with van der Waals surface area (Å²) in [4.78, 5) is 11.6. The first-order valence-corrected chi connectivity index (χ1v) is 7.52. The number of carbonyl (C=O) groups is 1. The summed E-state index contributed by atoms with van der Waals surface area (Å²) in [5.41, 5.74) is -0.202. The molecule has 7 nitrogen and oxygen atoms in total. The third kappa shape index (κ3) is 3.57. The van der Waals surface area contributed by atoms with Crippen LogP contribution in [0.1, 0.15) is 10.5 Å². The van der Waals surface area contributed by atoms with Crippen LogP contribution in [0, 0.1) is 5.82 Å². The topological polar surface area (TPSA) is 98.5 Å². The Bertz CT molecular complexity index is 785. The van der Waals surface area contributed by atoms with Crippen LogP contribution in [0.3, 0.4) is 0 Å². The zero-order valence-corrected chi connectivity index (χ0v) is 11.9. The lowest BCUT2D eigenvalue weighted by Gasteiger charge is -2.02. The molecule has 0 spiro atoms. The summed E-state index contributed by atoms with van der Waals surface area (Å²) in [6.07, 6.45) is 0.828. The summed E-state index contributed by atoms with van der Waals surface area (Å²) in [6.45, 7) is 0. The summed E-state index contributed by atoms with van der Waals surface area (Å²) in [5, 5.41) is 3.41. The summed E-state index contributed by atoms with van der Waals surface area (Å²) in [6, 6.07) is 5.20. The molecule has 0 atom stereocenters. The molecule has 9 heteroatoms. The highest BCUT2D eigenvalue weighted by Crippen LogP contribution is 2.26. The van der Waals surface area contributed by atoms with Crippen molar-refractivity contribution < 1.29 is 26.9 Å². The number of hydrogen-bond donors (Lipinski definition) is 1. The van der Waals surface area contributed by atoms with E-state index in [1.165, 1.54) is 19.2 Å². The summed E-state index contributed by atoms with van der Waals surface area (Å²) in [5.74, 6) is -1.26. The zero-order valence-electron chi connectivity index (χ0n) is 11.1. The highest BCUT2D eigenvalue weighted by molar-refractivity contribution is 7.89. The molecular weight excluding hydrogens is 303 g/mol. The first-order chi connectivity index (χ1) is 9.80. The second-order valence-corrected chi connectivity index (χ2v) is 5.87. The van der Waals surface area contributed by atoms with Crippen molar-refractivity contribution in [3.05, 3.63) is 35.8 Å².